The predicted molar refractivity (Wildman–Crippen MR) is 67.1 cm³/mol. The van der Waals surface area contributed by atoms with Crippen LogP contribution in [0.2, 0.25) is 0 Å². The van der Waals surface area contributed by atoms with Crippen LogP contribution in [0, 0.1) is 11.3 Å². The summed E-state index contributed by atoms with van der Waals surface area (Å²) in [5.41, 5.74) is 0.441. The van der Waals surface area contributed by atoms with E-state index in [1.165, 1.54) is 26.1 Å². The lowest BCUT2D eigenvalue weighted by atomic mass is 9.82. The molecule has 0 saturated carbocycles. The zero-order valence-electron chi connectivity index (χ0n) is 11.1. The zero-order chi connectivity index (χ0) is 11.5. The molecule has 2 nitrogen and oxygen atoms in total. The van der Waals surface area contributed by atoms with E-state index in [-0.39, 0.29) is 0 Å². The van der Waals surface area contributed by atoms with Gasteiger partial charge in [-0.2, -0.15) is 0 Å². The van der Waals surface area contributed by atoms with E-state index >= 15 is 0 Å². The van der Waals surface area contributed by atoms with Gasteiger partial charge < -0.3 is 10.2 Å². The summed E-state index contributed by atoms with van der Waals surface area (Å²) in [5, 5.41) is 3.54. The van der Waals surface area contributed by atoms with Crippen molar-refractivity contribution in [1.82, 2.24) is 10.2 Å². The number of nitrogens with zero attached hydrogens (tertiary/aromatic N) is 1. The first-order chi connectivity index (χ1) is 6.93. The first-order valence-corrected chi connectivity index (χ1v) is 6.39. The molecule has 1 rings (SSSR count). The lowest BCUT2D eigenvalue weighted by Crippen LogP contribution is -2.36. The molecule has 0 radical (unpaired) electrons. The van der Waals surface area contributed by atoms with E-state index < -0.39 is 0 Å². The van der Waals surface area contributed by atoms with E-state index in [4.69, 9.17) is 0 Å². The molecule has 0 bridgehead atoms. The highest BCUT2D eigenvalue weighted by Crippen LogP contribution is 2.27. The standard InChI is InChI=1S/C13H28N2/c1-6-14-12-7-8-15(10-12)9-11(2)13(3,4)5/h11-12,14H,6-10H2,1-5H3. The van der Waals surface area contributed by atoms with Gasteiger partial charge in [-0.15, -0.1) is 0 Å². The molecule has 2 atom stereocenters. The molecular weight excluding hydrogens is 184 g/mol. The second-order valence-electron chi connectivity index (χ2n) is 6.07. The Kier molecular flexibility index (Phi) is 4.60. The molecule has 1 heterocycles. The second kappa shape index (κ2) is 5.31. The summed E-state index contributed by atoms with van der Waals surface area (Å²) in [6.07, 6.45) is 1.32. The maximum atomic E-state index is 3.54. The van der Waals surface area contributed by atoms with Crippen molar-refractivity contribution >= 4 is 0 Å². The lowest BCUT2D eigenvalue weighted by Gasteiger charge is -2.31. The van der Waals surface area contributed by atoms with Gasteiger partial charge in [-0.3, -0.25) is 0 Å². The van der Waals surface area contributed by atoms with Crippen LogP contribution in [0.25, 0.3) is 0 Å². The number of likely N-dealkylation sites (N-methyl/N-ethyl adjacent to an activating group) is 1. The molecule has 1 saturated heterocycles. The SMILES string of the molecule is CCNC1CCN(CC(C)C(C)(C)C)C1. The normalized spacial score (nSPS) is 25.8. The monoisotopic (exact) mass is 212 g/mol. The van der Waals surface area contributed by atoms with Crippen LogP contribution in [0.15, 0.2) is 0 Å². The number of rotatable bonds is 4. The van der Waals surface area contributed by atoms with Crippen LogP contribution < -0.4 is 5.32 Å². The van der Waals surface area contributed by atoms with Gasteiger partial charge in [-0.25, -0.2) is 0 Å². The first kappa shape index (κ1) is 13.0. The van der Waals surface area contributed by atoms with E-state index in [2.05, 4.69) is 44.8 Å². The zero-order valence-corrected chi connectivity index (χ0v) is 11.1. The van der Waals surface area contributed by atoms with E-state index in [1.807, 2.05) is 0 Å². The van der Waals surface area contributed by atoms with Crippen molar-refractivity contribution in [3.05, 3.63) is 0 Å². The van der Waals surface area contributed by atoms with Crippen molar-refractivity contribution < 1.29 is 0 Å². The molecule has 0 amide bonds. The maximum Gasteiger partial charge on any atom is 0.0207 e. The van der Waals surface area contributed by atoms with E-state index in [9.17, 15) is 0 Å². The number of likely N-dealkylation sites (tertiary alicyclic amines) is 1. The fourth-order valence-corrected chi connectivity index (χ4v) is 2.11. The van der Waals surface area contributed by atoms with Gasteiger partial charge in [-0.05, 0) is 30.8 Å². The molecule has 1 aliphatic heterocycles. The summed E-state index contributed by atoms with van der Waals surface area (Å²) in [5.74, 6) is 0.776. The van der Waals surface area contributed by atoms with Crippen molar-refractivity contribution in [2.24, 2.45) is 11.3 Å². The largest absolute Gasteiger partial charge is 0.313 e. The van der Waals surface area contributed by atoms with Crippen LogP contribution in [0.1, 0.15) is 41.0 Å². The predicted octanol–water partition coefficient (Wildman–Crippen LogP) is 2.35. The highest BCUT2D eigenvalue weighted by Gasteiger charge is 2.27. The molecule has 0 aromatic heterocycles. The van der Waals surface area contributed by atoms with Gasteiger partial charge in [0, 0.05) is 19.1 Å². The Balaban J connectivity index is 2.30. The van der Waals surface area contributed by atoms with Gasteiger partial charge in [0.05, 0.1) is 0 Å². The third-order valence-electron chi connectivity index (χ3n) is 3.78. The smallest absolute Gasteiger partial charge is 0.0207 e. The van der Waals surface area contributed by atoms with Crippen LogP contribution in [0.4, 0.5) is 0 Å². The summed E-state index contributed by atoms with van der Waals surface area (Å²) < 4.78 is 0. The third-order valence-corrected chi connectivity index (χ3v) is 3.78. The molecule has 1 aliphatic rings. The average Bonchev–Trinajstić information content (AvgIpc) is 2.51. The van der Waals surface area contributed by atoms with Gasteiger partial charge in [-0.1, -0.05) is 34.6 Å². The topological polar surface area (TPSA) is 15.3 Å². The quantitative estimate of drug-likeness (QED) is 0.769. The van der Waals surface area contributed by atoms with Gasteiger partial charge in [0.25, 0.3) is 0 Å². The van der Waals surface area contributed by atoms with Crippen molar-refractivity contribution in [2.45, 2.75) is 47.1 Å². The fraction of sp³-hybridized carbons (Fsp3) is 1.00. The molecule has 1 fully saturated rings. The Morgan fingerprint density at radius 3 is 2.60 bits per heavy atom. The third kappa shape index (κ3) is 4.12. The Bertz CT molecular complexity index is 183. The number of hydrogen-bond acceptors (Lipinski definition) is 2. The van der Waals surface area contributed by atoms with Crippen LogP contribution >= 0.6 is 0 Å². The highest BCUT2D eigenvalue weighted by atomic mass is 15.2. The molecule has 0 aromatic rings. The van der Waals surface area contributed by atoms with Crippen LogP contribution in [0.3, 0.4) is 0 Å². The molecule has 0 aliphatic carbocycles. The first-order valence-electron chi connectivity index (χ1n) is 6.39. The van der Waals surface area contributed by atoms with E-state index in [0.29, 0.717) is 5.41 Å². The highest BCUT2D eigenvalue weighted by molar-refractivity contribution is 4.83. The van der Waals surface area contributed by atoms with Crippen molar-refractivity contribution in [3.8, 4) is 0 Å². The van der Waals surface area contributed by atoms with Crippen LogP contribution in [-0.2, 0) is 0 Å². The Morgan fingerprint density at radius 1 is 1.40 bits per heavy atom. The minimum atomic E-state index is 0.441. The summed E-state index contributed by atoms with van der Waals surface area (Å²) in [7, 11) is 0. The second-order valence-corrected chi connectivity index (χ2v) is 6.07. The number of nitrogens with one attached hydrogen (secondary N) is 1. The molecule has 15 heavy (non-hydrogen) atoms. The molecule has 2 heteroatoms. The maximum absolute atomic E-state index is 3.54. The summed E-state index contributed by atoms with van der Waals surface area (Å²) in [6.45, 7) is 16.5. The summed E-state index contributed by atoms with van der Waals surface area (Å²) >= 11 is 0. The minimum absolute atomic E-state index is 0.441. The van der Waals surface area contributed by atoms with Gasteiger partial charge in [0.2, 0.25) is 0 Å². The molecular formula is C13H28N2. The van der Waals surface area contributed by atoms with E-state index in [1.54, 1.807) is 0 Å². The Morgan fingerprint density at radius 2 is 2.07 bits per heavy atom. The van der Waals surface area contributed by atoms with Crippen LogP contribution in [0.5, 0.6) is 0 Å². The van der Waals surface area contributed by atoms with Crippen molar-refractivity contribution in [2.75, 3.05) is 26.2 Å². The summed E-state index contributed by atoms with van der Waals surface area (Å²) in [4.78, 5) is 2.61. The molecule has 0 aromatic carbocycles. The molecule has 90 valence electrons. The molecule has 2 unspecified atom stereocenters. The summed E-state index contributed by atoms with van der Waals surface area (Å²) in [6, 6.07) is 0.738. The van der Waals surface area contributed by atoms with Gasteiger partial charge in [0.15, 0.2) is 0 Å². The van der Waals surface area contributed by atoms with Gasteiger partial charge in [0.1, 0.15) is 0 Å². The molecule has 0 spiro atoms. The number of hydrogen-bond donors (Lipinski definition) is 1. The lowest BCUT2D eigenvalue weighted by molar-refractivity contribution is 0.180. The Hall–Kier alpha value is -0.0800. The van der Waals surface area contributed by atoms with E-state index in [0.717, 1.165) is 18.5 Å². The van der Waals surface area contributed by atoms with Crippen LogP contribution in [-0.4, -0.2) is 37.1 Å². The molecule has 1 N–H and O–H groups in total. The van der Waals surface area contributed by atoms with Crippen molar-refractivity contribution in [3.63, 3.8) is 0 Å². The fourth-order valence-electron chi connectivity index (χ4n) is 2.11. The minimum Gasteiger partial charge on any atom is -0.313 e. The Labute approximate surface area is 95.4 Å². The van der Waals surface area contributed by atoms with Gasteiger partial charge >= 0.3 is 0 Å². The van der Waals surface area contributed by atoms with Crippen molar-refractivity contribution in [1.29, 1.82) is 0 Å². The average molecular weight is 212 g/mol.